The van der Waals surface area contributed by atoms with Gasteiger partial charge in [0.2, 0.25) is 0 Å². The number of hydrogen-bond donors (Lipinski definition) is 1. The highest BCUT2D eigenvalue weighted by Crippen LogP contribution is 2.37. The number of nitrogens with zero attached hydrogens (tertiary/aromatic N) is 1. The first kappa shape index (κ1) is 22.6. The van der Waals surface area contributed by atoms with E-state index in [9.17, 15) is 14.4 Å². The van der Waals surface area contributed by atoms with E-state index in [1.54, 1.807) is 18.2 Å². The number of imide groups is 1. The van der Waals surface area contributed by atoms with Crippen molar-refractivity contribution < 1.29 is 29.0 Å². The van der Waals surface area contributed by atoms with Crippen molar-refractivity contribution in [3.8, 4) is 11.5 Å². The Labute approximate surface area is 198 Å². The van der Waals surface area contributed by atoms with Crippen LogP contribution in [-0.4, -0.2) is 40.8 Å². The molecule has 0 aromatic heterocycles. The number of carboxylic acids is 1. The van der Waals surface area contributed by atoms with Crippen molar-refractivity contribution in [3.05, 3.63) is 60.5 Å². The van der Waals surface area contributed by atoms with Gasteiger partial charge in [-0.1, -0.05) is 28.1 Å². The van der Waals surface area contributed by atoms with Gasteiger partial charge in [-0.15, -0.1) is 0 Å². The third-order valence-corrected chi connectivity index (χ3v) is 6.25. The number of aliphatic carboxylic acids is 1. The van der Waals surface area contributed by atoms with Crippen LogP contribution in [0.3, 0.4) is 0 Å². The van der Waals surface area contributed by atoms with Gasteiger partial charge < -0.3 is 14.6 Å². The van der Waals surface area contributed by atoms with Gasteiger partial charge in [-0.3, -0.25) is 14.5 Å². The van der Waals surface area contributed by atoms with E-state index in [1.807, 2.05) is 46.9 Å². The average molecular weight is 604 g/mol. The van der Waals surface area contributed by atoms with Gasteiger partial charge in [0.25, 0.3) is 11.1 Å². The SMILES string of the molecule is COc1cc(/C=C2\SC(=O)N(Cc3ccc(Br)cc3)C2=O)cc(I)c1OCC(=O)O. The normalized spacial score (nSPS) is 15.0. The Morgan fingerprint density at radius 1 is 1.27 bits per heavy atom. The number of hydrogen-bond acceptors (Lipinski definition) is 6. The first-order chi connectivity index (χ1) is 14.3. The van der Waals surface area contributed by atoms with Crippen LogP contribution in [0.1, 0.15) is 11.1 Å². The van der Waals surface area contributed by atoms with Gasteiger partial charge in [0.05, 0.1) is 22.1 Å². The fourth-order valence-electron chi connectivity index (χ4n) is 2.66. The lowest BCUT2D eigenvalue weighted by Gasteiger charge is -2.13. The van der Waals surface area contributed by atoms with Crippen molar-refractivity contribution in [2.75, 3.05) is 13.7 Å². The van der Waals surface area contributed by atoms with E-state index in [1.165, 1.54) is 12.0 Å². The second-order valence-corrected chi connectivity index (χ2v) is 9.18. The van der Waals surface area contributed by atoms with Gasteiger partial charge in [-0.05, 0) is 75.8 Å². The maximum atomic E-state index is 12.8. The number of ether oxygens (including phenoxy) is 2. The number of carbonyl (C=O) groups is 3. The van der Waals surface area contributed by atoms with Crippen LogP contribution in [-0.2, 0) is 16.1 Å². The molecule has 7 nitrogen and oxygen atoms in total. The summed E-state index contributed by atoms with van der Waals surface area (Å²) in [4.78, 5) is 37.4. The summed E-state index contributed by atoms with van der Waals surface area (Å²) in [6, 6.07) is 10.8. The predicted molar refractivity (Wildman–Crippen MR) is 124 cm³/mol. The third kappa shape index (κ3) is 5.35. The smallest absolute Gasteiger partial charge is 0.341 e. The average Bonchev–Trinajstić information content (AvgIpc) is 2.95. The maximum Gasteiger partial charge on any atom is 0.341 e. The molecule has 2 aromatic rings. The number of carboxylic acid groups (broad SMARTS) is 1. The molecule has 0 aliphatic carbocycles. The lowest BCUT2D eigenvalue weighted by atomic mass is 10.1. The lowest BCUT2D eigenvalue weighted by Crippen LogP contribution is -2.27. The Hall–Kier alpha value is -2.05. The minimum atomic E-state index is -1.10. The van der Waals surface area contributed by atoms with Crippen LogP contribution in [0.25, 0.3) is 6.08 Å². The van der Waals surface area contributed by atoms with Crippen molar-refractivity contribution in [3.63, 3.8) is 0 Å². The Morgan fingerprint density at radius 3 is 2.60 bits per heavy atom. The number of amides is 2. The van der Waals surface area contributed by atoms with Crippen LogP contribution in [0, 0.1) is 3.57 Å². The maximum absolute atomic E-state index is 12.8. The first-order valence-electron chi connectivity index (χ1n) is 8.50. The van der Waals surface area contributed by atoms with Gasteiger partial charge in [-0.25, -0.2) is 4.79 Å². The van der Waals surface area contributed by atoms with Crippen molar-refractivity contribution in [1.29, 1.82) is 0 Å². The molecule has 1 fully saturated rings. The van der Waals surface area contributed by atoms with Crippen LogP contribution in [0.5, 0.6) is 11.5 Å². The van der Waals surface area contributed by atoms with E-state index < -0.39 is 12.6 Å². The van der Waals surface area contributed by atoms with Crippen LogP contribution in [0.2, 0.25) is 0 Å². The van der Waals surface area contributed by atoms with Crippen LogP contribution in [0.4, 0.5) is 4.79 Å². The molecule has 30 heavy (non-hydrogen) atoms. The molecule has 0 unspecified atom stereocenters. The molecule has 1 aliphatic rings. The fourth-order valence-corrected chi connectivity index (χ4v) is 4.54. The summed E-state index contributed by atoms with van der Waals surface area (Å²) in [5, 5.41) is 8.48. The highest BCUT2D eigenvalue weighted by Gasteiger charge is 2.35. The Bertz CT molecular complexity index is 1040. The molecule has 1 saturated heterocycles. The molecular formula is C20H15BrINO6S. The molecule has 2 amide bonds. The zero-order chi connectivity index (χ0) is 21.8. The number of thioether (sulfide) groups is 1. The first-order valence-corrected chi connectivity index (χ1v) is 11.2. The van der Waals surface area contributed by atoms with Crippen LogP contribution < -0.4 is 9.47 Å². The molecule has 1 heterocycles. The second-order valence-electron chi connectivity index (χ2n) is 6.11. The standard InChI is InChI=1S/C20H15BrINO6S/c1-28-15-7-12(6-14(22)18(15)29-10-17(24)25)8-16-19(26)23(20(27)30-16)9-11-2-4-13(21)5-3-11/h2-8H,9-10H2,1H3,(H,24,25)/b16-8-. The minimum absolute atomic E-state index is 0.193. The zero-order valence-electron chi connectivity index (χ0n) is 15.6. The Balaban J connectivity index is 1.83. The summed E-state index contributed by atoms with van der Waals surface area (Å²) in [6.45, 7) is -0.307. The largest absolute Gasteiger partial charge is 0.493 e. The summed E-state index contributed by atoms with van der Waals surface area (Å²) in [5.74, 6) is -0.825. The topological polar surface area (TPSA) is 93.1 Å². The van der Waals surface area contributed by atoms with Gasteiger partial charge in [0.1, 0.15) is 0 Å². The van der Waals surface area contributed by atoms with E-state index in [2.05, 4.69) is 15.9 Å². The summed E-state index contributed by atoms with van der Waals surface area (Å²) in [7, 11) is 1.44. The molecule has 10 heteroatoms. The highest BCUT2D eigenvalue weighted by molar-refractivity contribution is 14.1. The van der Waals surface area contributed by atoms with Crippen LogP contribution >= 0.6 is 50.3 Å². The van der Waals surface area contributed by atoms with E-state index in [0.717, 1.165) is 21.8 Å². The van der Waals surface area contributed by atoms with E-state index in [-0.39, 0.29) is 17.7 Å². The number of methoxy groups -OCH3 is 1. The number of rotatable bonds is 7. The molecule has 0 bridgehead atoms. The fraction of sp³-hybridized carbons (Fsp3) is 0.150. The second kappa shape index (κ2) is 9.84. The van der Waals surface area contributed by atoms with Gasteiger partial charge >= 0.3 is 5.97 Å². The summed E-state index contributed by atoms with van der Waals surface area (Å²) in [6.07, 6.45) is 1.61. The minimum Gasteiger partial charge on any atom is -0.493 e. The molecule has 0 saturated carbocycles. The van der Waals surface area contributed by atoms with Gasteiger partial charge in [0, 0.05) is 4.47 Å². The molecule has 1 N–H and O–H groups in total. The summed E-state index contributed by atoms with van der Waals surface area (Å²) in [5.41, 5.74) is 1.48. The monoisotopic (exact) mass is 603 g/mol. The molecule has 0 spiro atoms. The van der Waals surface area contributed by atoms with Crippen molar-refractivity contribution in [2.24, 2.45) is 0 Å². The molecule has 0 radical (unpaired) electrons. The quantitative estimate of drug-likeness (QED) is 0.360. The number of benzene rings is 2. The molecule has 2 aromatic carbocycles. The highest BCUT2D eigenvalue weighted by atomic mass is 127. The van der Waals surface area contributed by atoms with Gasteiger partial charge in [0.15, 0.2) is 18.1 Å². The van der Waals surface area contributed by atoms with Crippen LogP contribution in [0.15, 0.2) is 45.8 Å². The van der Waals surface area contributed by atoms with E-state index in [0.29, 0.717) is 25.5 Å². The van der Waals surface area contributed by atoms with Crippen molar-refractivity contribution in [2.45, 2.75) is 6.54 Å². The molecule has 3 rings (SSSR count). The van der Waals surface area contributed by atoms with E-state index in [4.69, 9.17) is 14.6 Å². The molecule has 156 valence electrons. The molecular weight excluding hydrogens is 589 g/mol. The third-order valence-electron chi connectivity index (χ3n) is 4.02. The van der Waals surface area contributed by atoms with Crippen molar-refractivity contribution in [1.82, 2.24) is 4.90 Å². The van der Waals surface area contributed by atoms with Gasteiger partial charge in [-0.2, -0.15) is 0 Å². The number of halogens is 2. The van der Waals surface area contributed by atoms with Crippen molar-refractivity contribution >= 4 is 73.5 Å². The Morgan fingerprint density at radius 2 is 1.97 bits per heavy atom. The Kier molecular flexibility index (Phi) is 7.42. The summed E-state index contributed by atoms with van der Waals surface area (Å²) < 4.78 is 12.1. The predicted octanol–water partition coefficient (Wildman–Crippen LogP) is 4.76. The number of carbonyl (C=O) groups excluding carboxylic acids is 2. The molecule has 1 aliphatic heterocycles. The summed E-state index contributed by atoms with van der Waals surface area (Å²) >= 11 is 6.23. The van der Waals surface area contributed by atoms with E-state index >= 15 is 0 Å². The lowest BCUT2D eigenvalue weighted by molar-refractivity contribution is -0.139. The molecule has 0 atom stereocenters. The zero-order valence-corrected chi connectivity index (χ0v) is 20.1.